The summed E-state index contributed by atoms with van der Waals surface area (Å²) < 4.78 is 26.2. The van der Waals surface area contributed by atoms with Gasteiger partial charge in [-0.25, -0.2) is 8.42 Å². The van der Waals surface area contributed by atoms with Crippen molar-refractivity contribution in [2.24, 2.45) is 0 Å². The van der Waals surface area contributed by atoms with Gasteiger partial charge in [-0.1, -0.05) is 12.1 Å². The van der Waals surface area contributed by atoms with Crippen LogP contribution in [-0.2, 0) is 23.0 Å². The van der Waals surface area contributed by atoms with Crippen LogP contribution in [0.1, 0.15) is 11.1 Å². The molecule has 1 aliphatic rings. The lowest BCUT2D eigenvalue weighted by molar-refractivity contribution is 0.390. The molecule has 0 radical (unpaired) electrons. The lowest BCUT2D eigenvalue weighted by atomic mass is 10.00. The SMILES string of the molecule is Nc1cccc2c1CN(S(=O)(=O)c1ccn[nH]1)CC2. The monoisotopic (exact) mass is 278 g/mol. The third kappa shape index (κ3) is 2.00. The summed E-state index contributed by atoms with van der Waals surface area (Å²) in [6, 6.07) is 7.14. The molecular formula is C12H14N4O2S. The standard InChI is InChI=1S/C12H14N4O2S/c13-11-3-1-2-9-5-7-16(8-10(9)11)19(17,18)12-4-6-14-15-12/h1-4,6H,5,7-8,13H2,(H,14,15). The molecule has 3 rings (SSSR count). The van der Waals surface area contributed by atoms with Crippen molar-refractivity contribution in [3.05, 3.63) is 41.6 Å². The summed E-state index contributed by atoms with van der Waals surface area (Å²) in [6.45, 7) is 0.765. The number of benzene rings is 1. The summed E-state index contributed by atoms with van der Waals surface area (Å²) in [5.41, 5.74) is 8.59. The number of H-pyrrole nitrogens is 1. The Bertz CT molecular complexity index is 695. The Balaban J connectivity index is 1.97. The molecule has 1 aliphatic heterocycles. The maximum Gasteiger partial charge on any atom is 0.260 e. The maximum absolute atomic E-state index is 12.4. The number of aromatic nitrogens is 2. The number of fused-ring (bicyclic) bond motifs is 1. The van der Waals surface area contributed by atoms with Crippen LogP contribution in [0, 0.1) is 0 Å². The van der Waals surface area contributed by atoms with E-state index >= 15 is 0 Å². The van der Waals surface area contributed by atoms with Crippen molar-refractivity contribution in [2.75, 3.05) is 12.3 Å². The Morgan fingerprint density at radius 1 is 1.32 bits per heavy atom. The quantitative estimate of drug-likeness (QED) is 0.792. The van der Waals surface area contributed by atoms with Crippen molar-refractivity contribution >= 4 is 15.7 Å². The van der Waals surface area contributed by atoms with Gasteiger partial charge in [0.1, 0.15) is 0 Å². The van der Waals surface area contributed by atoms with Gasteiger partial charge in [-0.3, -0.25) is 5.10 Å². The Hall–Kier alpha value is -1.86. The second-order valence-corrected chi connectivity index (χ2v) is 6.40. The van der Waals surface area contributed by atoms with Crippen LogP contribution in [0.25, 0.3) is 0 Å². The van der Waals surface area contributed by atoms with E-state index < -0.39 is 10.0 Å². The van der Waals surface area contributed by atoms with Gasteiger partial charge in [-0.2, -0.15) is 9.40 Å². The molecule has 0 saturated carbocycles. The molecule has 1 aromatic carbocycles. The van der Waals surface area contributed by atoms with Gasteiger partial charge in [0.2, 0.25) is 0 Å². The molecular weight excluding hydrogens is 264 g/mol. The van der Waals surface area contributed by atoms with E-state index in [0.717, 1.165) is 11.1 Å². The number of aromatic amines is 1. The predicted molar refractivity (Wildman–Crippen MR) is 70.7 cm³/mol. The molecule has 7 heteroatoms. The first-order valence-corrected chi connectivity index (χ1v) is 7.39. The van der Waals surface area contributed by atoms with Crippen LogP contribution in [-0.4, -0.2) is 29.5 Å². The summed E-state index contributed by atoms with van der Waals surface area (Å²) in [7, 11) is -3.52. The fraction of sp³-hybridized carbons (Fsp3) is 0.250. The lowest BCUT2D eigenvalue weighted by Gasteiger charge is -2.28. The zero-order valence-electron chi connectivity index (χ0n) is 10.2. The molecule has 6 nitrogen and oxygen atoms in total. The highest BCUT2D eigenvalue weighted by molar-refractivity contribution is 7.89. The summed E-state index contributed by atoms with van der Waals surface area (Å²) in [5.74, 6) is 0. The summed E-state index contributed by atoms with van der Waals surface area (Å²) in [6.07, 6.45) is 2.10. The Morgan fingerprint density at radius 2 is 2.16 bits per heavy atom. The van der Waals surface area contributed by atoms with Gasteiger partial charge in [0.15, 0.2) is 5.03 Å². The number of anilines is 1. The number of hydrogen-bond acceptors (Lipinski definition) is 4. The maximum atomic E-state index is 12.4. The van der Waals surface area contributed by atoms with E-state index in [-0.39, 0.29) is 5.03 Å². The van der Waals surface area contributed by atoms with Crippen LogP contribution in [0.3, 0.4) is 0 Å². The second kappa shape index (κ2) is 4.36. The molecule has 0 fully saturated rings. The number of nitrogens with zero attached hydrogens (tertiary/aromatic N) is 2. The van der Waals surface area contributed by atoms with Gasteiger partial charge in [-0.15, -0.1) is 0 Å². The Labute approximate surface area is 111 Å². The van der Waals surface area contributed by atoms with Crippen molar-refractivity contribution in [1.29, 1.82) is 0 Å². The van der Waals surface area contributed by atoms with E-state index in [2.05, 4.69) is 10.2 Å². The van der Waals surface area contributed by atoms with Crippen LogP contribution in [0.5, 0.6) is 0 Å². The molecule has 1 aromatic heterocycles. The van der Waals surface area contributed by atoms with Crippen molar-refractivity contribution in [3.63, 3.8) is 0 Å². The molecule has 0 spiro atoms. The fourth-order valence-electron chi connectivity index (χ4n) is 2.31. The van der Waals surface area contributed by atoms with E-state index in [4.69, 9.17) is 5.73 Å². The average molecular weight is 278 g/mol. The molecule has 19 heavy (non-hydrogen) atoms. The van der Waals surface area contributed by atoms with Crippen LogP contribution in [0.15, 0.2) is 35.5 Å². The fourth-order valence-corrected chi connectivity index (χ4v) is 3.62. The van der Waals surface area contributed by atoms with Gasteiger partial charge < -0.3 is 5.73 Å². The minimum atomic E-state index is -3.52. The van der Waals surface area contributed by atoms with Gasteiger partial charge in [0, 0.05) is 18.8 Å². The first-order chi connectivity index (χ1) is 9.09. The van der Waals surface area contributed by atoms with Gasteiger partial charge in [0.05, 0.1) is 6.20 Å². The molecule has 0 atom stereocenters. The normalized spacial score (nSPS) is 16.2. The van der Waals surface area contributed by atoms with E-state index in [1.807, 2.05) is 12.1 Å². The highest BCUT2D eigenvalue weighted by Crippen LogP contribution is 2.27. The lowest BCUT2D eigenvalue weighted by Crippen LogP contribution is -2.36. The highest BCUT2D eigenvalue weighted by atomic mass is 32.2. The molecule has 0 bridgehead atoms. The number of nitrogen functional groups attached to an aromatic ring is 1. The Kier molecular flexibility index (Phi) is 2.79. The highest BCUT2D eigenvalue weighted by Gasteiger charge is 2.29. The molecule has 0 saturated heterocycles. The average Bonchev–Trinajstić information content (AvgIpc) is 2.93. The number of nitrogens with one attached hydrogen (secondary N) is 1. The largest absolute Gasteiger partial charge is 0.398 e. The molecule has 2 aromatic rings. The van der Waals surface area contributed by atoms with Crippen molar-refractivity contribution < 1.29 is 8.42 Å². The predicted octanol–water partition coefficient (Wildman–Crippen LogP) is 0.739. The smallest absolute Gasteiger partial charge is 0.260 e. The molecule has 0 amide bonds. The third-order valence-electron chi connectivity index (χ3n) is 3.37. The number of rotatable bonds is 2. The summed E-state index contributed by atoms with van der Waals surface area (Å²) in [4.78, 5) is 0. The third-order valence-corrected chi connectivity index (χ3v) is 5.14. The zero-order chi connectivity index (χ0) is 13.5. The van der Waals surface area contributed by atoms with E-state index in [1.165, 1.54) is 16.6 Å². The molecule has 2 heterocycles. The van der Waals surface area contributed by atoms with Crippen molar-refractivity contribution in [3.8, 4) is 0 Å². The second-order valence-electron chi connectivity index (χ2n) is 4.49. The molecule has 0 unspecified atom stereocenters. The molecule has 100 valence electrons. The van der Waals surface area contributed by atoms with Gasteiger partial charge in [0.25, 0.3) is 10.0 Å². The first-order valence-electron chi connectivity index (χ1n) is 5.95. The van der Waals surface area contributed by atoms with Crippen molar-refractivity contribution in [1.82, 2.24) is 14.5 Å². The van der Waals surface area contributed by atoms with E-state index in [9.17, 15) is 8.42 Å². The van der Waals surface area contributed by atoms with Gasteiger partial charge in [-0.05, 0) is 29.7 Å². The summed E-state index contributed by atoms with van der Waals surface area (Å²) in [5, 5.41) is 6.31. The Morgan fingerprint density at radius 3 is 2.89 bits per heavy atom. The minimum absolute atomic E-state index is 0.116. The molecule has 3 N–H and O–H groups in total. The van der Waals surface area contributed by atoms with Crippen LogP contribution in [0.4, 0.5) is 5.69 Å². The topological polar surface area (TPSA) is 92.1 Å². The van der Waals surface area contributed by atoms with Crippen LogP contribution < -0.4 is 5.73 Å². The zero-order valence-corrected chi connectivity index (χ0v) is 11.0. The van der Waals surface area contributed by atoms with Crippen LogP contribution >= 0.6 is 0 Å². The van der Waals surface area contributed by atoms with Crippen LogP contribution in [0.2, 0.25) is 0 Å². The summed E-state index contributed by atoms with van der Waals surface area (Å²) >= 11 is 0. The van der Waals surface area contributed by atoms with Crippen molar-refractivity contribution in [2.45, 2.75) is 18.0 Å². The first kappa shape index (κ1) is 12.2. The minimum Gasteiger partial charge on any atom is -0.398 e. The molecule has 0 aliphatic carbocycles. The van der Waals surface area contributed by atoms with Gasteiger partial charge >= 0.3 is 0 Å². The van der Waals surface area contributed by atoms with E-state index in [0.29, 0.717) is 25.2 Å². The number of sulfonamides is 1. The number of hydrogen-bond donors (Lipinski definition) is 2. The number of nitrogens with two attached hydrogens (primary N) is 1. The van der Waals surface area contributed by atoms with E-state index in [1.54, 1.807) is 6.07 Å².